The van der Waals surface area contributed by atoms with Gasteiger partial charge in [0.2, 0.25) is 5.91 Å². The second kappa shape index (κ2) is 11.8. The van der Waals surface area contributed by atoms with Crippen LogP contribution in [0, 0.1) is 0 Å². The van der Waals surface area contributed by atoms with Crippen molar-refractivity contribution in [1.82, 2.24) is 10.2 Å². The highest BCUT2D eigenvalue weighted by Gasteiger charge is 2.23. The quantitative estimate of drug-likeness (QED) is 0.378. The Labute approximate surface area is 144 Å². The molecule has 0 aliphatic carbocycles. The van der Waals surface area contributed by atoms with Gasteiger partial charge < -0.3 is 14.8 Å². The molecule has 24 heavy (non-hydrogen) atoms. The van der Waals surface area contributed by atoms with Gasteiger partial charge in [0.15, 0.2) is 5.12 Å². The Morgan fingerprint density at radius 1 is 1.04 bits per heavy atom. The Balaban J connectivity index is 1.92. The van der Waals surface area contributed by atoms with Gasteiger partial charge in [-0.25, -0.2) is 0 Å². The van der Waals surface area contributed by atoms with Gasteiger partial charge in [-0.15, -0.1) is 0 Å². The fourth-order valence-electron chi connectivity index (χ4n) is 1.80. The summed E-state index contributed by atoms with van der Waals surface area (Å²) in [5.41, 5.74) is 0. The predicted octanol–water partition coefficient (Wildman–Crippen LogP) is -0.269. The minimum absolute atomic E-state index is 0.0613. The summed E-state index contributed by atoms with van der Waals surface area (Å²) < 4.78 is 10.5. The summed E-state index contributed by atoms with van der Waals surface area (Å²) in [7, 11) is 0. The molecule has 0 saturated heterocycles. The smallest absolute Gasteiger partial charge is 0.253 e. The highest BCUT2D eigenvalue weighted by Crippen LogP contribution is 2.03. The van der Waals surface area contributed by atoms with Gasteiger partial charge in [0, 0.05) is 38.1 Å². The van der Waals surface area contributed by atoms with Crippen LogP contribution in [0.3, 0.4) is 0 Å². The first-order valence-corrected chi connectivity index (χ1v) is 8.79. The SMILES string of the molecule is CSC(=O)CCOCCOCCNC(=O)CCN1C(=O)C=CC1=O. The molecule has 9 heteroatoms. The summed E-state index contributed by atoms with van der Waals surface area (Å²) >= 11 is 1.18. The topological polar surface area (TPSA) is 102 Å². The Bertz CT molecular complexity index is 476. The van der Waals surface area contributed by atoms with Crippen molar-refractivity contribution in [1.29, 1.82) is 0 Å². The van der Waals surface area contributed by atoms with E-state index in [1.54, 1.807) is 6.26 Å². The van der Waals surface area contributed by atoms with Crippen molar-refractivity contribution < 1.29 is 28.7 Å². The van der Waals surface area contributed by atoms with Crippen molar-refractivity contribution in [3.05, 3.63) is 12.2 Å². The maximum Gasteiger partial charge on any atom is 0.253 e. The lowest BCUT2D eigenvalue weighted by Crippen LogP contribution is -2.35. The van der Waals surface area contributed by atoms with Gasteiger partial charge in [0.25, 0.3) is 11.8 Å². The molecule has 0 radical (unpaired) electrons. The lowest BCUT2D eigenvalue weighted by molar-refractivity contribution is -0.137. The van der Waals surface area contributed by atoms with Crippen LogP contribution >= 0.6 is 11.8 Å². The average molecular weight is 358 g/mol. The Hall–Kier alpha value is -1.71. The first-order chi connectivity index (χ1) is 11.5. The zero-order valence-corrected chi connectivity index (χ0v) is 14.4. The fourth-order valence-corrected chi connectivity index (χ4v) is 2.08. The van der Waals surface area contributed by atoms with Gasteiger partial charge >= 0.3 is 0 Å². The molecule has 1 heterocycles. The summed E-state index contributed by atoms with van der Waals surface area (Å²) in [6, 6.07) is 0. The van der Waals surface area contributed by atoms with Crippen LogP contribution in [0.4, 0.5) is 0 Å². The minimum Gasteiger partial charge on any atom is -0.379 e. The molecule has 0 aromatic rings. The maximum absolute atomic E-state index is 11.6. The molecule has 0 spiro atoms. The molecule has 0 aromatic heterocycles. The summed E-state index contributed by atoms with van der Waals surface area (Å²) in [6.07, 6.45) is 4.55. The van der Waals surface area contributed by atoms with E-state index in [2.05, 4.69) is 5.32 Å². The third kappa shape index (κ3) is 8.23. The molecule has 0 atom stereocenters. The van der Waals surface area contributed by atoms with Crippen LogP contribution in [0.25, 0.3) is 0 Å². The van der Waals surface area contributed by atoms with Crippen LogP contribution in [-0.4, -0.2) is 73.5 Å². The van der Waals surface area contributed by atoms with E-state index in [0.717, 1.165) is 4.90 Å². The first kappa shape index (κ1) is 20.3. The molecule has 0 aromatic carbocycles. The molecule has 0 fully saturated rings. The first-order valence-electron chi connectivity index (χ1n) is 7.57. The molecule has 0 unspecified atom stereocenters. The maximum atomic E-state index is 11.6. The lowest BCUT2D eigenvalue weighted by atomic mass is 10.3. The van der Waals surface area contributed by atoms with E-state index in [-0.39, 0.29) is 24.0 Å². The highest BCUT2D eigenvalue weighted by atomic mass is 32.2. The monoisotopic (exact) mass is 358 g/mol. The zero-order chi connectivity index (χ0) is 17.8. The van der Waals surface area contributed by atoms with E-state index in [9.17, 15) is 19.2 Å². The number of hydrogen-bond donors (Lipinski definition) is 1. The predicted molar refractivity (Wildman–Crippen MR) is 88.3 cm³/mol. The van der Waals surface area contributed by atoms with Crippen molar-refractivity contribution in [3.63, 3.8) is 0 Å². The van der Waals surface area contributed by atoms with Crippen LogP contribution in [0.1, 0.15) is 12.8 Å². The number of nitrogens with zero attached hydrogens (tertiary/aromatic N) is 1. The second-order valence-electron chi connectivity index (χ2n) is 4.81. The number of amides is 3. The van der Waals surface area contributed by atoms with Crippen LogP contribution < -0.4 is 5.32 Å². The molecule has 8 nitrogen and oxygen atoms in total. The summed E-state index contributed by atoms with van der Waals surface area (Å²) in [6.45, 7) is 1.89. The van der Waals surface area contributed by atoms with E-state index in [1.807, 2.05) is 0 Å². The van der Waals surface area contributed by atoms with Crippen LogP contribution in [0.5, 0.6) is 0 Å². The molecule has 1 rings (SSSR count). The zero-order valence-electron chi connectivity index (χ0n) is 13.6. The van der Waals surface area contributed by atoms with E-state index in [1.165, 1.54) is 23.9 Å². The van der Waals surface area contributed by atoms with Crippen LogP contribution in [0.2, 0.25) is 0 Å². The Morgan fingerprint density at radius 3 is 2.29 bits per heavy atom. The number of nitrogens with one attached hydrogen (secondary N) is 1. The van der Waals surface area contributed by atoms with Crippen molar-refractivity contribution in [2.75, 3.05) is 45.8 Å². The number of carbonyl (C=O) groups is 4. The standard InChI is InChI=1S/C15H22N2O6S/c1-24-15(21)5-8-22-10-11-23-9-6-16-12(18)4-7-17-13(19)2-3-14(17)20/h2-3H,4-11H2,1H3,(H,16,18). The van der Waals surface area contributed by atoms with Gasteiger partial charge in [-0.05, 0) is 6.26 Å². The van der Waals surface area contributed by atoms with Gasteiger partial charge in [-0.3, -0.25) is 24.1 Å². The number of ether oxygens (including phenoxy) is 2. The molecule has 3 amide bonds. The van der Waals surface area contributed by atoms with Crippen LogP contribution in [0.15, 0.2) is 12.2 Å². The third-order valence-electron chi connectivity index (χ3n) is 3.08. The molecular formula is C15H22N2O6S. The lowest BCUT2D eigenvalue weighted by Gasteiger charge is -2.13. The van der Waals surface area contributed by atoms with Crippen LogP contribution in [-0.2, 0) is 28.7 Å². The number of thioether (sulfide) groups is 1. The van der Waals surface area contributed by atoms with Crippen molar-refractivity contribution >= 4 is 34.6 Å². The van der Waals surface area contributed by atoms with Gasteiger partial charge in [0.1, 0.15) is 0 Å². The molecular weight excluding hydrogens is 336 g/mol. The summed E-state index contributed by atoms with van der Waals surface area (Å²) in [4.78, 5) is 46.2. The largest absolute Gasteiger partial charge is 0.379 e. The van der Waals surface area contributed by atoms with Gasteiger partial charge in [-0.1, -0.05) is 11.8 Å². The van der Waals surface area contributed by atoms with Gasteiger partial charge in [0.05, 0.1) is 26.4 Å². The molecule has 134 valence electrons. The molecule has 0 bridgehead atoms. The number of carbonyl (C=O) groups excluding carboxylic acids is 4. The molecule has 1 aliphatic heterocycles. The average Bonchev–Trinajstić information content (AvgIpc) is 2.89. The van der Waals surface area contributed by atoms with Gasteiger partial charge in [-0.2, -0.15) is 0 Å². The fraction of sp³-hybridized carbons (Fsp3) is 0.600. The third-order valence-corrected chi connectivity index (χ3v) is 3.74. The Morgan fingerprint density at radius 2 is 1.67 bits per heavy atom. The van der Waals surface area contributed by atoms with E-state index < -0.39 is 11.8 Å². The van der Waals surface area contributed by atoms with Crippen molar-refractivity contribution in [3.8, 4) is 0 Å². The number of imide groups is 1. The summed E-state index contributed by atoms with van der Waals surface area (Å²) in [5, 5.41) is 2.73. The normalized spacial score (nSPS) is 13.6. The number of rotatable bonds is 12. The highest BCUT2D eigenvalue weighted by molar-refractivity contribution is 8.13. The van der Waals surface area contributed by atoms with Crippen molar-refractivity contribution in [2.24, 2.45) is 0 Å². The Kier molecular flexibility index (Phi) is 9.97. The van der Waals surface area contributed by atoms with E-state index in [4.69, 9.17) is 9.47 Å². The minimum atomic E-state index is -0.393. The summed E-state index contributed by atoms with van der Waals surface area (Å²) in [5.74, 6) is -1.04. The molecule has 1 aliphatic rings. The van der Waals surface area contributed by atoms with E-state index in [0.29, 0.717) is 39.4 Å². The van der Waals surface area contributed by atoms with Crippen molar-refractivity contribution in [2.45, 2.75) is 12.8 Å². The molecule has 1 N–H and O–H groups in total. The second-order valence-corrected chi connectivity index (χ2v) is 5.68. The number of hydrogen-bond acceptors (Lipinski definition) is 7. The molecule has 0 saturated carbocycles. The van der Waals surface area contributed by atoms with E-state index >= 15 is 0 Å².